The lowest BCUT2D eigenvalue weighted by atomic mass is 10.1. The van der Waals surface area contributed by atoms with Crippen molar-refractivity contribution in [1.29, 1.82) is 0 Å². The maximum atomic E-state index is 14.1. The summed E-state index contributed by atoms with van der Waals surface area (Å²) < 4.78 is 33.0. The molecule has 0 aliphatic carbocycles. The third-order valence-corrected chi connectivity index (χ3v) is 4.30. The molecule has 0 heterocycles. The zero-order valence-corrected chi connectivity index (χ0v) is 17.1. The second-order valence-electron chi connectivity index (χ2n) is 5.65. The largest absolute Gasteiger partial charge is 0.506 e. The highest BCUT2D eigenvalue weighted by molar-refractivity contribution is 14.1. The molecular formula is C20H18F2INO4. The summed E-state index contributed by atoms with van der Waals surface area (Å²) in [5, 5.41) is 20.5. The highest BCUT2D eigenvalue weighted by Gasteiger charge is 2.21. The number of aliphatic imine (C=N–C) groups is 1. The van der Waals surface area contributed by atoms with Crippen LogP contribution in [-0.2, 0) is 9.53 Å². The molecule has 0 fully saturated rings. The second-order valence-corrected chi connectivity index (χ2v) is 6.90. The number of aliphatic hydroxyl groups is 2. The van der Waals surface area contributed by atoms with Crippen molar-refractivity contribution in [1.82, 2.24) is 0 Å². The predicted octanol–water partition coefficient (Wildman–Crippen LogP) is 4.21. The van der Waals surface area contributed by atoms with Crippen molar-refractivity contribution in [3.05, 3.63) is 74.4 Å². The van der Waals surface area contributed by atoms with Crippen LogP contribution in [-0.4, -0.2) is 35.5 Å². The molecule has 28 heavy (non-hydrogen) atoms. The molecule has 0 aromatic heterocycles. The average Bonchev–Trinajstić information content (AvgIpc) is 2.68. The van der Waals surface area contributed by atoms with E-state index >= 15 is 0 Å². The summed E-state index contributed by atoms with van der Waals surface area (Å²) in [6, 6.07) is 10.9. The Bertz CT molecular complexity index is 901. The van der Waals surface area contributed by atoms with Crippen molar-refractivity contribution in [2.75, 3.05) is 13.2 Å². The van der Waals surface area contributed by atoms with Crippen LogP contribution in [0.5, 0.6) is 0 Å². The van der Waals surface area contributed by atoms with E-state index in [-0.39, 0.29) is 13.2 Å². The number of carbonyl (C=O) groups is 1. The Hall–Kier alpha value is -2.33. The van der Waals surface area contributed by atoms with Crippen LogP contribution in [0.1, 0.15) is 24.2 Å². The summed E-state index contributed by atoms with van der Waals surface area (Å²) in [5.74, 6) is -4.20. The lowest BCUT2D eigenvalue weighted by molar-refractivity contribution is -0.137. The summed E-state index contributed by atoms with van der Waals surface area (Å²) >= 11 is 1.76. The fourth-order valence-corrected chi connectivity index (χ4v) is 2.90. The van der Waals surface area contributed by atoms with Crippen molar-refractivity contribution in [3.8, 4) is 0 Å². The summed E-state index contributed by atoms with van der Waals surface area (Å²) in [7, 11) is 0. The molecule has 8 heteroatoms. The van der Waals surface area contributed by atoms with Crippen molar-refractivity contribution in [3.63, 3.8) is 0 Å². The van der Waals surface area contributed by atoms with Crippen molar-refractivity contribution in [2.45, 2.75) is 13.0 Å². The van der Waals surface area contributed by atoms with E-state index < -0.39 is 40.6 Å². The van der Waals surface area contributed by atoms with E-state index in [1.807, 2.05) is 0 Å². The minimum absolute atomic E-state index is 0.0132. The van der Waals surface area contributed by atoms with E-state index in [2.05, 4.69) is 4.99 Å². The van der Waals surface area contributed by atoms with Gasteiger partial charge in [-0.25, -0.2) is 13.6 Å². The number of rotatable bonds is 7. The SMILES string of the molecule is CCOC(=O)/C(C=NCC(O)c1ccccc1)=C(/O)c1cc(I)cc(F)c1F. The first-order chi connectivity index (χ1) is 13.3. The molecule has 5 nitrogen and oxygen atoms in total. The minimum atomic E-state index is -1.29. The van der Waals surface area contributed by atoms with Crippen LogP contribution in [0.2, 0.25) is 0 Å². The zero-order chi connectivity index (χ0) is 20.7. The Balaban J connectivity index is 2.36. The van der Waals surface area contributed by atoms with E-state index in [9.17, 15) is 23.8 Å². The topological polar surface area (TPSA) is 79.1 Å². The molecule has 2 rings (SSSR count). The van der Waals surface area contributed by atoms with Gasteiger partial charge in [0.2, 0.25) is 0 Å². The molecule has 0 saturated carbocycles. The molecule has 1 atom stereocenters. The Morgan fingerprint density at radius 1 is 1.29 bits per heavy atom. The van der Waals surface area contributed by atoms with Crippen LogP contribution in [0.15, 0.2) is 53.0 Å². The third kappa shape index (κ3) is 5.59. The van der Waals surface area contributed by atoms with Gasteiger partial charge in [0.15, 0.2) is 11.6 Å². The number of esters is 1. The molecule has 1 unspecified atom stereocenters. The number of halogens is 3. The van der Waals surface area contributed by atoms with Crippen LogP contribution in [0.3, 0.4) is 0 Å². The molecule has 0 amide bonds. The van der Waals surface area contributed by atoms with Crippen LogP contribution in [0.4, 0.5) is 8.78 Å². The highest BCUT2D eigenvalue weighted by Crippen LogP contribution is 2.24. The lowest BCUT2D eigenvalue weighted by Gasteiger charge is -2.10. The molecule has 2 N–H and O–H groups in total. The number of benzene rings is 2. The van der Waals surface area contributed by atoms with Crippen LogP contribution < -0.4 is 0 Å². The normalized spacial score (nSPS) is 13.3. The highest BCUT2D eigenvalue weighted by atomic mass is 127. The number of aliphatic hydroxyl groups excluding tert-OH is 2. The van der Waals surface area contributed by atoms with E-state index in [1.165, 1.54) is 6.07 Å². The molecule has 0 aliphatic heterocycles. The lowest BCUT2D eigenvalue weighted by Crippen LogP contribution is -2.13. The summed E-state index contributed by atoms with van der Waals surface area (Å²) in [6.45, 7) is 1.47. The third-order valence-electron chi connectivity index (χ3n) is 3.68. The first kappa shape index (κ1) is 22.0. The molecule has 0 aliphatic rings. The Morgan fingerprint density at radius 2 is 1.96 bits per heavy atom. The van der Waals surface area contributed by atoms with Gasteiger partial charge in [0.05, 0.1) is 24.8 Å². The van der Waals surface area contributed by atoms with Crippen LogP contribution in [0.25, 0.3) is 5.76 Å². The van der Waals surface area contributed by atoms with Gasteiger partial charge in [0.25, 0.3) is 0 Å². The fraction of sp³-hybridized carbons (Fsp3) is 0.200. The van der Waals surface area contributed by atoms with Gasteiger partial charge in [0.1, 0.15) is 11.3 Å². The number of carbonyl (C=O) groups excluding carboxylic acids is 1. The molecule has 0 spiro atoms. The average molecular weight is 501 g/mol. The van der Waals surface area contributed by atoms with E-state index in [4.69, 9.17) is 4.74 Å². The summed E-state index contributed by atoms with van der Waals surface area (Å²) in [5.41, 5.74) is -0.304. The van der Waals surface area contributed by atoms with Crippen molar-refractivity contribution < 1.29 is 28.5 Å². The molecule has 2 aromatic rings. The molecule has 0 bridgehead atoms. The van der Waals surface area contributed by atoms with E-state index in [1.54, 1.807) is 59.8 Å². The van der Waals surface area contributed by atoms with Gasteiger partial charge >= 0.3 is 5.97 Å². The maximum Gasteiger partial charge on any atom is 0.343 e. The summed E-state index contributed by atoms with van der Waals surface area (Å²) in [6.07, 6.45) is 0.0475. The van der Waals surface area contributed by atoms with Gasteiger partial charge in [-0.15, -0.1) is 0 Å². The van der Waals surface area contributed by atoms with Crippen molar-refractivity contribution >= 4 is 40.5 Å². The Morgan fingerprint density at radius 3 is 2.61 bits per heavy atom. The van der Waals surface area contributed by atoms with Gasteiger partial charge < -0.3 is 14.9 Å². The van der Waals surface area contributed by atoms with Gasteiger partial charge in [-0.2, -0.15) is 0 Å². The second kappa shape index (κ2) is 10.3. The first-order valence-electron chi connectivity index (χ1n) is 8.33. The van der Waals surface area contributed by atoms with Gasteiger partial charge in [-0.3, -0.25) is 4.99 Å². The molecule has 2 aromatic carbocycles. The number of ether oxygens (including phenoxy) is 1. The Labute approximate surface area is 174 Å². The first-order valence-corrected chi connectivity index (χ1v) is 9.41. The van der Waals surface area contributed by atoms with Gasteiger partial charge in [-0.05, 0) is 47.2 Å². The van der Waals surface area contributed by atoms with Gasteiger partial charge in [0, 0.05) is 9.78 Å². The monoisotopic (exact) mass is 501 g/mol. The maximum absolute atomic E-state index is 14.1. The number of hydrogen-bond acceptors (Lipinski definition) is 5. The van der Waals surface area contributed by atoms with Crippen LogP contribution >= 0.6 is 22.6 Å². The zero-order valence-electron chi connectivity index (χ0n) is 14.9. The molecular weight excluding hydrogens is 483 g/mol. The van der Waals surface area contributed by atoms with Crippen LogP contribution in [0, 0.1) is 15.2 Å². The minimum Gasteiger partial charge on any atom is -0.506 e. The fourth-order valence-electron chi connectivity index (χ4n) is 2.32. The summed E-state index contributed by atoms with van der Waals surface area (Å²) in [4.78, 5) is 16.1. The molecule has 0 radical (unpaired) electrons. The van der Waals surface area contributed by atoms with Crippen molar-refractivity contribution in [2.24, 2.45) is 4.99 Å². The van der Waals surface area contributed by atoms with E-state index in [0.29, 0.717) is 9.13 Å². The quantitative estimate of drug-likeness (QED) is 0.149. The number of nitrogens with zero attached hydrogens (tertiary/aromatic N) is 1. The smallest absolute Gasteiger partial charge is 0.343 e. The number of hydrogen-bond donors (Lipinski definition) is 2. The Kier molecular flexibility index (Phi) is 8.06. The standard InChI is InChI=1S/C20H18F2INO4/c1-2-28-20(27)15(10-24-11-17(25)12-6-4-3-5-7-12)19(26)14-8-13(23)9-16(21)18(14)22/h3-10,17,25-26H,2,11H2,1H3/b19-15+,24-10?. The molecule has 0 saturated heterocycles. The van der Waals surface area contributed by atoms with E-state index in [0.717, 1.165) is 12.3 Å². The van der Waals surface area contributed by atoms with Gasteiger partial charge in [-0.1, -0.05) is 30.3 Å². The predicted molar refractivity (Wildman–Crippen MR) is 110 cm³/mol. The molecule has 148 valence electrons.